The third-order valence-electron chi connectivity index (χ3n) is 3.17. The van der Waals surface area contributed by atoms with Crippen LogP contribution in [0.15, 0.2) is 47.6 Å². The summed E-state index contributed by atoms with van der Waals surface area (Å²) in [5, 5.41) is 4.41. The van der Waals surface area contributed by atoms with Gasteiger partial charge in [0.2, 0.25) is 0 Å². The quantitative estimate of drug-likeness (QED) is 0.670. The van der Waals surface area contributed by atoms with Crippen molar-refractivity contribution in [1.29, 1.82) is 0 Å². The Balaban J connectivity index is 2.19. The number of hydrogen-bond acceptors (Lipinski definition) is 4. The normalized spacial score (nSPS) is 11.1. The second-order valence-electron chi connectivity index (χ2n) is 4.75. The number of ether oxygens (including phenoxy) is 2. The maximum absolute atomic E-state index is 5.31. The maximum Gasteiger partial charge on any atom is 0.161 e. The number of benzene rings is 2. The van der Waals surface area contributed by atoms with Crippen molar-refractivity contribution in [2.45, 2.75) is 13.8 Å². The highest BCUT2D eigenvalue weighted by Crippen LogP contribution is 2.27. The molecule has 21 heavy (non-hydrogen) atoms. The van der Waals surface area contributed by atoms with E-state index >= 15 is 0 Å². The lowest BCUT2D eigenvalue weighted by Gasteiger charge is -2.09. The van der Waals surface area contributed by atoms with Crippen molar-refractivity contribution in [3.63, 3.8) is 0 Å². The van der Waals surface area contributed by atoms with Crippen molar-refractivity contribution >= 4 is 11.4 Å². The van der Waals surface area contributed by atoms with Gasteiger partial charge in [0.15, 0.2) is 11.5 Å². The summed E-state index contributed by atoms with van der Waals surface area (Å²) in [6.45, 7) is 4.00. The molecule has 0 atom stereocenters. The summed E-state index contributed by atoms with van der Waals surface area (Å²) in [6, 6.07) is 13.8. The van der Waals surface area contributed by atoms with Crippen LogP contribution in [-0.4, -0.2) is 19.9 Å². The average Bonchev–Trinajstić information content (AvgIpc) is 2.52. The Morgan fingerprint density at radius 2 is 1.76 bits per heavy atom. The number of nitrogens with one attached hydrogen (secondary N) is 1. The zero-order valence-electron chi connectivity index (χ0n) is 12.8. The Morgan fingerprint density at radius 1 is 1.00 bits per heavy atom. The van der Waals surface area contributed by atoms with E-state index in [9.17, 15) is 0 Å². The lowest BCUT2D eigenvalue weighted by atomic mass is 10.1. The first-order valence-electron chi connectivity index (χ1n) is 6.73. The van der Waals surface area contributed by atoms with Gasteiger partial charge in [-0.1, -0.05) is 12.1 Å². The Kier molecular flexibility index (Phi) is 4.82. The Bertz CT molecular complexity index is 651. The van der Waals surface area contributed by atoms with Crippen molar-refractivity contribution in [2.24, 2.45) is 5.10 Å². The molecule has 0 bridgehead atoms. The summed E-state index contributed by atoms with van der Waals surface area (Å²) in [6.07, 6.45) is 0. The molecule has 4 heteroatoms. The summed E-state index contributed by atoms with van der Waals surface area (Å²) in [7, 11) is 3.25. The molecule has 0 aromatic heterocycles. The van der Waals surface area contributed by atoms with Crippen molar-refractivity contribution in [3.05, 3.63) is 53.6 Å². The molecule has 110 valence electrons. The fourth-order valence-corrected chi connectivity index (χ4v) is 1.99. The molecule has 0 radical (unpaired) electrons. The standard InChI is InChI=1S/C17H20N2O2/c1-12-6-5-7-15(10-12)19-18-13(2)14-8-9-16(20-3)17(11-14)21-4/h5-11,19H,1-4H3/b18-13-. The highest BCUT2D eigenvalue weighted by atomic mass is 16.5. The predicted octanol–water partition coefficient (Wildman–Crippen LogP) is 3.85. The van der Waals surface area contributed by atoms with Crippen molar-refractivity contribution in [2.75, 3.05) is 19.6 Å². The van der Waals surface area contributed by atoms with Crippen LogP contribution in [0, 0.1) is 6.92 Å². The molecule has 2 rings (SSSR count). The molecule has 0 heterocycles. The molecule has 0 saturated carbocycles. The zero-order valence-corrected chi connectivity index (χ0v) is 12.8. The van der Waals surface area contributed by atoms with Gasteiger partial charge < -0.3 is 9.47 Å². The van der Waals surface area contributed by atoms with Crippen LogP contribution < -0.4 is 14.9 Å². The Hall–Kier alpha value is -2.49. The first-order valence-corrected chi connectivity index (χ1v) is 6.73. The molecule has 0 fully saturated rings. The Morgan fingerprint density at radius 3 is 2.43 bits per heavy atom. The number of nitrogens with zero attached hydrogens (tertiary/aromatic N) is 1. The number of hydrazone groups is 1. The van der Waals surface area contributed by atoms with Crippen LogP contribution in [0.4, 0.5) is 5.69 Å². The average molecular weight is 284 g/mol. The van der Waals surface area contributed by atoms with E-state index < -0.39 is 0 Å². The molecule has 0 spiro atoms. The molecule has 0 aliphatic carbocycles. The van der Waals surface area contributed by atoms with Gasteiger partial charge in [-0.15, -0.1) is 0 Å². The summed E-state index contributed by atoms with van der Waals surface area (Å²) in [4.78, 5) is 0. The van der Waals surface area contributed by atoms with Gasteiger partial charge in [-0.25, -0.2) is 0 Å². The smallest absolute Gasteiger partial charge is 0.161 e. The van der Waals surface area contributed by atoms with E-state index in [2.05, 4.69) is 23.5 Å². The van der Waals surface area contributed by atoms with Crippen molar-refractivity contribution < 1.29 is 9.47 Å². The van der Waals surface area contributed by atoms with Crippen LogP contribution in [-0.2, 0) is 0 Å². The monoisotopic (exact) mass is 284 g/mol. The third kappa shape index (κ3) is 3.75. The molecule has 4 nitrogen and oxygen atoms in total. The largest absolute Gasteiger partial charge is 0.493 e. The minimum atomic E-state index is 0.695. The molecule has 0 aliphatic heterocycles. The van der Waals surface area contributed by atoms with E-state index in [0.29, 0.717) is 11.5 Å². The predicted molar refractivity (Wildman–Crippen MR) is 86.6 cm³/mol. The Labute approximate surface area is 125 Å². The fourth-order valence-electron chi connectivity index (χ4n) is 1.99. The molecule has 0 saturated heterocycles. The van der Waals surface area contributed by atoms with Crippen molar-refractivity contribution in [3.8, 4) is 11.5 Å². The summed E-state index contributed by atoms with van der Waals surface area (Å²) in [5.74, 6) is 1.40. The van der Waals surface area contributed by atoms with E-state index in [-0.39, 0.29) is 0 Å². The van der Waals surface area contributed by atoms with Gasteiger partial charge in [0.05, 0.1) is 25.6 Å². The van der Waals surface area contributed by atoms with Crippen LogP contribution in [0.25, 0.3) is 0 Å². The van der Waals surface area contributed by atoms with E-state index in [1.807, 2.05) is 43.3 Å². The molecular weight excluding hydrogens is 264 g/mol. The fraction of sp³-hybridized carbons (Fsp3) is 0.235. The molecule has 0 aliphatic rings. The van der Waals surface area contributed by atoms with Gasteiger partial charge in [-0.3, -0.25) is 5.43 Å². The first kappa shape index (κ1) is 14.9. The van der Waals surface area contributed by atoms with E-state index in [1.54, 1.807) is 14.2 Å². The number of anilines is 1. The highest BCUT2D eigenvalue weighted by molar-refractivity contribution is 5.99. The highest BCUT2D eigenvalue weighted by Gasteiger charge is 2.06. The van der Waals surface area contributed by atoms with Gasteiger partial charge >= 0.3 is 0 Å². The molecule has 2 aromatic rings. The molecule has 1 N–H and O–H groups in total. The first-order chi connectivity index (χ1) is 10.1. The zero-order chi connectivity index (χ0) is 15.2. The van der Waals surface area contributed by atoms with Gasteiger partial charge in [0.25, 0.3) is 0 Å². The minimum Gasteiger partial charge on any atom is -0.493 e. The summed E-state index contributed by atoms with van der Waals surface area (Å²) >= 11 is 0. The molecule has 2 aromatic carbocycles. The van der Waals surface area contributed by atoms with Crippen LogP contribution in [0.2, 0.25) is 0 Å². The van der Waals surface area contributed by atoms with Gasteiger partial charge in [0.1, 0.15) is 0 Å². The van der Waals surface area contributed by atoms with Gasteiger partial charge in [0, 0.05) is 5.56 Å². The van der Waals surface area contributed by atoms with E-state index in [4.69, 9.17) is 9.47 Å². The summed E-state index contributed by atoms with van der Waals surface area (Å²) < 4.78 is 10.5. The van der Waals surface area contributed by atoms with Crippen LogP contribution >= 0.6 is 0 Å². The second-order valence-corrected chi connectivity index (χ2v) is 4.75. The molecule has 0 amide bonds. The minimum absolute atomic E-state index is 0.695. The number of hydrogen-bond donors (Lipinski definition) is 1. The van der Waals surface area contributed by atoms with E-state index in [1.165, 1.54) is 5.56 Å². The number of aryl methyl sites for hydroxylation is 1. The molecule has 0 unspecified atom stereocenters. The lowest BCUT2D eigenvalue weighted by molar-refractivity contribution is 0.355. The number of rotatable bonds is 5. The van der Waals surface area contributed by atoms with Crippen LogP contribution in [0.1, 0.15) is 18.1 Å². The van der Waals surface area contributed by atoms with Crippen molar-refractivity contribution in [1.82, 2.24) is 0 Å². The van der Waals surface area contributed by atoms with E-state index in [0.717, 1.165) is 17.0 Å². The lowest BCUT2D eigenvalue weighted by Crippen LogP contribution is -2.01. The summed E-state index contributed by atoms with van der Waals surface area (Å²) in [5.41, 5.74) is 7.08. The second kappa shape index (κ2) is 6.79. The third-order valence-corrected chi connectivity index (χ3v) is 3.17. The van der Waals surface area contributed by atoms with Crippen LogP contribution in [0.3, 0.4) is 0 Å². The number of methoxy groups -OCH3 is 2. The maximum atomic E-state index is 5.31. The van der Waals surface area contributed by atoms with Gasteiger partial charge in [-0.05, 0) is 49.7 Å². The molecular formula is C17H20N2O2. The van der Waals surface area contributed by atoms with Gasteiger partial charge in [-0.2, -0.15) is 5.10 Å². The van der Waals surface area contributed by atoms with Crippen LogP contribution in [0.5, 0.6) is 11.5 Å². The SMILES string of the molecule is COc1ccc(/C(C)=N\Nc2cccc(C)c2)cc1OC. The topological polar surface area (TPSA) is 42.8 Å².